The number of aryl methyl sites for hydroxylation is 2. The van der Waals surface area contributed by atoms with E-state index in [1.54, 1.807) is 11.3 Å². The van der Waals surface area contributed by atoms with Crippen molar-refractivity contribution in [3.63, 3.8) is 0 Å². The first-order valence-corrected chi connectivity index (χ1v) is 6.40. The van der Waals surface area contributed by atoms with Gasteiger partial charge in [0.15, 0.2) is 0 Å². The number of thiophene rings is 1. The summed E-state index contributed by atoms with van der Waals surface area (Å²) in [4.78, 5) is 0. The summed E-state index contributed by atoms with van der Waals surface area (Å²) in [6.07, 6.45) is 0.983. The molecular formula is C14H16OS. The molecule has 0 atom stereocenters. The first-order valence-electron chi connectivity index (χ1n) is 5.46. The molecule has 0 aliphatic rings. The first-order chi connectivity index (χ1) is 7.74. The monoisotopic (exact) mass is 232 g/mol. The van der Waals surface area contributed by atoms with Crippen molar-refractivity contribution in [2.75, 3.05) is 6.61 Å². The zero-order valence-corrected chi connectivity index (χ0v) is 10.5. The summed E-state index contributed by atoms with van der Waals surface area (Å²) in [5, 5.41) is 4.27. The van der Waals surface area contributed by atoms with E-state index in [4.69, 9.17) is 4.74 Å². The molecule has 0 bridgehead atoms. The molecule has 2 aromatic rings. The van der Waals surface area contributed by atoms with Crippen LogP contribution in [-0.4, -0.2) is 6.61 Å². The third-order valence-electron chi connectivity index (χ3n) is 2.43. The molecule has 0 N–H and O–H groups in total. The van der Waals surface area contributed by atoms with Gasteiger partial charge in [-0.05, 0) is 59.5 Å². The smallest absolute Gasteiger partial charge is 0.119 e. The van der Waals surface area contributed by atoms with Crippen LogP contribution in [0.25, 0.3) is 0 Å². The maximum atomic E-state index is 5.75. The highest BCUT2D eigenvalue weighted by Gasteiger charge is 1.98. The van der Waals surface area contributed by atoms with Crippen LogP contribution in [0.2, 0.25) is 0 Å². The number of hydrogen-bond acceptors (Lipinski definition) is 2. The predicted molar refractivity (Wildman–Crippen MR) is 69.4 cm³/mol. The van der Waals surface area contributed by atoms with E-state index in [-0.39, 0.29) is 0 Å². The summed E-state index contributed by atoms with van der Waals surface area (Å²) in [5.41, 5.74) is 3.87. The van der Waals surface area contributed by atoms with Crippen molar-refractivity contribution in [2.45, 2.75) is 20.3 Å². The molecule has 0 fully saturated rings. The first kappa shape index (κ1) is 11.2. The van der Waals surface area contributed by atoms with Gasteiger partial charge in [0, 0.05) is 6.42 Å². The van der Waals surface area contributed by atoms with Crippen LogP contribution in [0.5, 0.6) is 5.75 Å². The highest BCUT2D eigenvalue weighted by atomic mass is 32.1. The van der Waals surface area contributed by atoms with E-state index in [1.165, 1.54) is 16.7 Å². The summed E-state index contributed by atoms with van der Waals surface area (Å²) >= 11 is 1.74. The average Bonchev–Trinajstić information content (AvgIpc) is 2.69. The van der Waals surface area contributed by atoms with E-state index in [0.29, 0.717) is 0 Å². The van der Waals surface area contributed by atoms with Gasteiger partial charge in [-0.15, -0.1) is 0 Å². The summed E-state index contributed by atoms with van der Waals surface area (Å²) in [7, 11) is 0. The van der Waals surface area contributed by atoms with E-state index in [0.717, 1.165) is 18.8 Å². The zero-order chi connectivity index (χ0) is 11.4. The fourth-order valence-corrected chi connectivity index (χ4v) is 2.44. The van der Waals surface area contributed by atoms with Crippen molar-refractivity contribution >= 4 is 11.3 Å². The molecule has 0 aliphatic heterocycles. The molecule has 84 valence electrons. The molecule has 2 heteroatoms. The van der Waals surface area contributed by atoms with E-state index >= 15 is 0 Å². The molecule has 1 aromatic heterocycles. The predicted octanol–water partition coefficient (Wildman–Crippen LogP) is 3.99. The highest BCUT2D eigenvalue weighted by Crippen LogP contribution is 2.16. The quantitative estimate of drug-likeness (QED) is 0.774. The molecule has 2 rings (SSSR count). The zero-order valence-electron chi connectivity index (χ0n) is 9.69. The SMILES string of the molecule is Cc1cc(C)cc(OCCc2ccsc2)c1. The van der Waals surface area contributed by atoms with Crippen LogP contribution >= 0.6 is 11.3 Å². The molecule has 0 saturated heterocycles. The van der Waals surface area contributed by atoms with Crippen molar-refractivity contribution in [3.8, 4) is 5.75 Å². The van der Waals surface area contributed by atoms with Crippen molar-refractivity contribution in [1.82, 2.24) is 0 Å². The molecule has 1 aromatic carbocycles. The van der Waals surface area contributed by atoms with Crippen LogP contribution in [0.15, 0.2) is 35.0 Å². The maximum Gasteiger partial charge on any atom is 0.119 e. The maximum absolute atomic E-state index is 5.75. The topological polar surface area (TPSA) is 9.23 Å². The lowest BCUT2D eigenvalue weighted by Gasteiger charge is -2.07. The fourth-order valence-electron chi connectivity index (χ4n) is 1.74. The third-order valence-corrected chi connectivity index (χ3v) is 3.17. The van der Waals surface area contributed by atoms with Crippen LogP contribution in [0.1, 0.15) is 16.7 Å². The number of benzene rings is 1. The van der Waals surface area contributed by atoms with Crippen molar-refractivity contribution in [2.24, 2.45) is 0 Å². The second-order valence-electron chi connectivity index (χ2n) is 4.05. The van der Waals surface area contributed by atoms with Gasteiger partial charge in [0.25, 0.3) is 0 Å². The molecule has 16 heavy (non-hydrogen) atoms. The van der Waals surface area contributed by atoms with Crippen LogP contribution in [-0.2, 0) is 6.42 Å². The highest BCUT2D eigenvalue weighted by molar-refractivity contribution is 7.07. The van der Waals surface area contributed by atoms with E-state index < -0.39 is 0 Å². The van der Waals surface area contributed by atoms with Crippen molar-refractivity contribution in [1.29, 1.82) is 0 Å². The van der Waals surface area contributed by atoms with Gasteiger partial charge in [0.2, 0.25) is 0 Å². The van der Waals surface area contributed by atoms with E-state index in [1.807, 2.05) is 0 Å². The molecule has 0 aliphatic carbocycles. The van der Waals surface area contributed by atoms with Crippen LogP contribution in [0.4, 0.5) is 0 Å². The minimum Gasteiger partial charge on any atom is -0.493 e. The van der Waals surface area contributed by atoms with Gasteiger partial charge in [-0.25, -0.2) is 0 Å². The summed E-state index contributed by atoms with van der Waals surface area (Å²) in [6.45, 7) is 4.94. The average molecular weight is 232 g/mol. The minimum absolute atomic E-state index is 0.750. The molecule has 0 radical (unpaired) electrons. The Balaban J connectivity index is 1.89. The van der Waals surface area contributed by atoms with Gasteiger partial charge >= 0.3 is 0 Å². The molecule has 0 amide bonds. The minimum atomic E-state index is 0.750. The number of ether oxygens (including phenoxy) is 1. The summed E-state index contributed by atoms with van der Waals surface area (Å²) < 4.78 is 5.75. The van der Waals surface area contributed by atoms with Crippen molar-refractivity contribution in [3.05, 3.63) is 51.7 Å². The second-order valence-corrected chi connectivity index (χ2v) is 4.83. The number of rotatable bonds is 4. The van der Waals surface area contributed by atoms with E-state index in [9.17, 15) is 0 Å². The van der Waals surface area contributed by atoms with Gasteiger partial charge < -0.3 is 4.74 Å². The van der Waals surface area contributed by atoms with E-state index in [2.05, 4.69) is 48.9 Å². The molecule has 1 heterocycles. The molecule has 0 saturated carbocycles. The molecule has 0 spiro atoms. The van der Waals surface area contributed by atoms with Crippen molar-refractivity contribution < 1.29 is 4.74 Å². The Labute approximate surface area is 101 Å². The lowest BCUT2D eigenvalue weighted by molar-refractivity contribution is 0.321. The Bertz CT molecular complexity index is 426. The van der Waals surface area contributed by atoms with Gasteiger partial charge in [0.1, 0.15) is 5.75 Å². The normalized spacial score (nSPS) is 10.4. The van der Waals surface area contributed by atoms with Gasteiger partial charge in [-0.1, -0.05) is 6.07 Å². The second kappa shape index (κ2) is 5.17. The van der Waals surface area contributed by atoms with Gasteiger partial charge in [0.05, 0.1) is 6.61 Å². The third kappa shape index (κ3) is 3.11. The molecule has 0 unspecified atom stereocenters. The Morgan fingerprint density at radius 2 is 1.88 bits per heavy atom. The Hall–Kier alpha value is -1.28. The van der Waals surface area contributed by atoms with Crippen LogP contribution in [0.3, 0.4) is 0 Å². The largest absolute Gasteiger partial charge is 0.493 e. The molecular weight excluding hydrogens is 216 g/mol. The van der Waals surface area contributed by atoms with Crippen LogP contribution < -0.4 is 4.74 Å². The fraction of sp³-hybridized carbons (Fsp3) is 0.286. The number of hydrogen-bond donors (Lipinski definition) is 0. The summed E-state index contributed by atoms with van der Waals surface area (Å²) in [6, 6.07) is 8.47. The lowest BCUT2D eigenvalue weighted by atomic mass is 10.1. The van der Waals surface area contributed by atoms with Crippen LogP contribution in [0, 0.1) is 13.8 Å². The standard InChI is InChI=1S/C14H16OS/c1-11-7-12(2)9-14(8-11)15-5-3-13-4-6-16-10-13/h4,6-10H,3,5H2,1-2H3. The summed E-state index contributed by atoms with van der Waals surface area (Å²) in [5.74, 6) is 0.979. The lowest BCUT2D eigenvalue weighted by Crippen LogP contribution is -2.00. The molecule has 1 nitrogen and oxygen atoms in total. The Morgan fingerprint density at radius 1 is 1.12 bits per heavy atom. The van der Waals surface area contributed by atoms with Gasteiger partial charge in [-0.3, -0.25) is 0 Å². The Morgan fingerprint density at radius 3 is 2.50 bits per heavy atom. The Kier molecular flexibility index (Phi) is 3.62. The van der Waals surface area contributed by atoms with Gasteiger partial charge in [-0.2, -0.15) is 11.3 Å².